The van der Waals surface area contributed by atoms with Crippen LogP contribution in [0.1, 0.15) is 162 Å². The van der Waals surface area contributed by atoms with E-state index in [9.17, 15) is 19.2 Å². The van der Waals surface area contributed by atoms with Crippen molar-refractivity contribution in [2.75, 3.05) is 0 Å². The van der Waals surface area contributed by atoms with Crippen LogP contribution < -0.4 is 0 Å². The van der Waals surface area contributed by atoms with Crippen LogP contribution in [0.25, 0.3) is 21.5 Å². The van der Waals surface area contributed by atoms with Gasteiger partial charge in [-0.3, -0.25) is 19.2 Å². The summed E-state index contributed by atoms with van der Waals surface area (Å²) < 4.78 is 0. The third kappa shape index (κ3) is 17.8. The molecule has 6 aromatic rings. The van der Waals surface area contributed by atoms with E-state index in [1.54, 1.807) is 0 Å². The second-order valence-electron chi connectivity index (χ2n) is 18.6. The minimum atomic E-state index is 0.0707. The van der Waals surface area contributed by atoms with Crippen molar-refractivity contribution in [1.29, 1.82) is 0 Å². The van der Waals surface area contributed by atoms with Crippen LogP contribution in [0, 0.1) is 11.8 Å². The Morgan fingerprint density at radius 3 is 1.81 bits per heavy atom. The van der Waals surface area contributed by atoms with E-state index < -0.39 is 0 Å². The zero-order chi connectivity index (χ0) is 48.4. The molecule has 2 saturated carbocycles. The molecule has 0 amide bonds. The molecule has 0 spiro atoms. The van der Waals surface area contributed by atoms with Gasteiger partial charge >= 0.3 is 0 Å². The lowest BCUT2D eigenvalue weighted by molar-refractivity contribution is -0.120. The van der Waals surface area contributed by atoms with Gasteiger partial charge in [0.2, 0.25) is 0 Å². The Balaban J connectivity index is 0.000000170. The van der Waals surface area contributed by atoms with E-state index >= 15 is 0 Å². The molecule has 2 atom stereocenters. The predicted octanol–water partition coefficient (Wildman–Crippen LogP) is 17.2. The van der Waals surface area contributed by atoms with Crippen molar-refractivity contribution in [2.24, 2.45) is 11.8 Å². The highest BCUT2D eigenvalue weighted by Gasteiger charge is 2.23. The van der Waals surface area contributed by atoms with Crippen molar-refractivity contribution < 1.29 is 19.2 Å². The van der Waals surface area contributed by atoms with Gasteiger partial charge in [0.15, 0.2) is 11.6 Å². The van der Waals surface area contributed by atoms with Crippen LogP contribution in [0.4, 0.5) is 0 Å². The fraction of sp³-hybridized carbons (Fsp3) is 0.344. The highest BCUT2D eigenvalue weighted by molar-refractivity contribution is 6.16. The second kappa shape index (κ2) is 29.5. The van der Waals surface area contributed by atoms with E-state index in [1.807, 2.05) is 146 Å². The fourth-order valence-corrected chi connectivity index (χ4v) is 8.78. The molecular weight excluding hydrogens is 833 g/mol. The average Bonchev–Trinajstić information content (AvgIpc) is 4.00. The highest BCUT2D eigenvalue weighted by Crippen LogP contribution is 2.26. The van der Waals surface area contributed by atoms with E-state index in [-0.39, 0.29) is 17.5 Å². The lowest BCUT2D eigenvalue weighted by Crippen LogP contribution is -2.04. The van der Waals surface area contributed by atoms with Gasteiger partial charge in [0.25, 0.3) is 0 Å². The molecule has 0 radical (unpaired) electrons. The molecule has 0 saturated heterocycles. The summed E-state index contributed by atoms with van der Waals surface area (Å²) >= 11 is 0. The molecule has 0 aliphatic heterocycles. The molecule has 8 rings (SSSR count). The summed E-state index contributed by atoms with van der Waals surface area (Å²) in [6, 6.07) is 46.5. The summed E-state index contributed by atoms with van der Waals surface area (Å²) in [5.41, 5.74) is 5.77. The number of ketones is 4. The third-order valence-electron chi connectivity index (χ3n) is 12.8. The number of hydrogen-bond acceptors (Lipinski definition) is 4. The summed E-state index contributed by atoms with van der Waals surface area (Å²) in [5.74, 6) is 1.68. The number of allylic oxidation sites excluding steroid dienone is 6. The molecule has 2 unspecified atom stereocenters. The summed E-state index contributed by atoms with van der Waals surface area (Å²) in [4.78, 5) is 47.6. The Kier molecular flexibility index (Phi) is 22.9. The van der Waals surface area contributed by atoms with Crippen molar-refractivity contribution in [3.8, 4) is 0 Å². The van der Waals surface area contributed by atoms with Crippen LogP contribution in [0.5, 0.6) is 0 Å². The van der Waals surface area contributed by atoms with Crippen LogP contribution in [0.3, 0.4) is 0 Å². The third-order valence-corrected chi connectivity index (χ3v) is 12.8. The van der Waals surface area contributed by atoms with Gasteiger partial charge < -0.3 is 0 Å². The van der Waals surface area contributed by atoms with Crippen molar-refractivity contribution >= 4 is 44.7 Å². The first-order valence-electron chi connectivity index (χ1n) is 25.3. The number of rotatable bonds is 17. The Bertz CT molecular complexity index is 2580. The monoisotopic (exact) mass is 907 g/mol. The van der Waals surface area contributed by atoms with Gasteiger partial charge in [-0.15, -0.1) is 0 Å². The number of carbonyl (C=O) groups excluding carboxylic acids is 4. The van der Waals surface area contributed by atoms with E-state index in [4.69, 9.17) is 0 Å². The highest BCUT2D eigenvalue weighted by atomic mass is 16.1. The summed E-state index contributed by atoms with van der Waals surface area (Å²) in [6.45, 7) is 8.70. The zero-order valence-electron chi connectivity index (χ0n) is 41.3. The molecule has 2 fully saturated rings. The van der Waals surface area contributed by atoms with E-state index in [2.05, 4.69) is 52.0 Å². The first-order valence-corrected chi connectivity index (χ1v) is 25.3. The lowest BCUT2D eigenvalue weighted by Gasteiger charge is -2.05. The van der Waals surface area contributed by atoms with Crippen molar-refractivity contribution in [3.05, 3.63) is 203 Å². The first kappa shape index (κ1) is 52.7. The normalized spacial score (nSPS) is 15.5. The van der Waals surface area contributed by atoms with Gasteiger partial charge in [0, 0.05) is 46.9 Å². The van der Waals surface area contributed by atoms with Crippen LogP contribution in [0.15, 0.2) is 181 Å². The molecule has 0 heterocycles. The topological polar surface area (TPSA) is 68.3 Å². The maximum atomic E-state index is 12.5. The molecule has 6 aromatic carbocycles. The quantitative estimate of drug-likeness (QED) is 0.0519. The fourth-order valence-electron chi connectivity index (χ4n) is 8.78. The second-order valence-corrected chi connectivity index (χ2v) is 18.6. The van der Waals surface area contributed by atoms with Gasteiger partial charge in [-0.2, -0.15) is 0 Å². The molecule has 4 nitrogen and oxygen atoms in total. The molecular formula is C64H74O4. The number of Topliss-reactive ketones (excluding diaryl/α,β-unsaturated/α-hetero) is 2. The van der Waals surface area contributed by atoms with E-state index in [1.165, 1.54) is 49.7 Å². The molecule has 2 aliphatic carbocycles. The number of unbranched alkanes of at least 4 members (excludes halogenated alkanes) is 6. The van der Waals surface area contributed by atoms with Crippen LogP contribution in [0.2, 0.25) is 0 Å². The lowest BCUT2D eigenvalue weighted by atomic mass is 9.97. The van der Waals surface area contributed by atoms with Gasteiger partial charge in [0.05, 0.1) is 0 Å². The summed E-state index contributed by atoms with van der Waals surface area (Å²) in [7, 11) is 0. The van der Waals surface area contributed by atoms with E-state index in [0.717, 1.165) is 108 Å². The standard InChI is InChI=1S/2C17H12O.C15H24O.C15H26O/c18-17(14-8-2-1-3-9-14)16-12-6-10-13-7-4-5-11-15(13)16;18-17(14-7-2-1-3-8-14)16-11-10-13-6-4-5-9-15(13)12-16;1-12(2)6-4-7-13(3)10-11-14-8-5-9-15(14)16;1-2-3-4-5-6-7-8-9-11-14-12-10-13-15(14)16/h2*1-12H;6,10,14H,4-5,7-9,11H2,1-3H3;9,11,14H,2-8,10,12-13H2,1H3/b;;13-10+;. The molecule has 68 heavy (non-hydrogen) atoms. The zero-order valence-corrected chi connectivity index (χ0v) is 41.3. The predicted molar refractivity (Wildman–Crippen MR) is 287 cm³/mol. The maximum Gasteiger partial charge on any atom is 0.193 e. The number of hydrogen-bond donors (Lipinski definition) is 0. The maximum absolute atomic E-state index is 12.5. The van der Waals surface area contributed by atoms with Crippen molar-refractivity contribution in [2.45, 2.75) is 130 Å². The minimum absolute atomic E-state index is 0.0707. The molecule has 2 aliphatic rings. The smallest absolute Gasteiger partial charge is 0.193 e. The van der Waals surface area contributed by atoms with Crippen LogP contribution >= 0.6 is 0 Å². The Morgan fingerprint density at radius 2 is 1.15 bits per heavy atom. The minimum Gasteiger partial charge on any atom is -0.299 e. The Labute approximate surface area is 407 Å². The van der Waals surface area contributed by atoms with Gasteiger partial charge in [-0.1, -0.05) is 214 Å². The Morgan fingerprint density at radius 1 is 0.544 bits per heavy atom. The average molecular weight is 907 g/mol. The van der Waals surface area contributed by atoms with Gasteiger partial charge in [-0.05, 0) is 106 Å². The van der Waals surface area contributed by atoms with E-state index in [0.29, 0.717) is 17.5 Å². The molecule has 0 aromatic heterocycles. The van der Waals surface area contributed by atoms with Crippen molar-refractivity contribution in [1.82, 2.24) is 0 Å². The van der Waals surface area contributed by atoms with Crippen LogP contribution in [-0.4, -0.2) is 23.1 Å². The SMILES string of the molecule is CC(C)=CCC/C(C)=C/CC1CCCC1=O.CCCCCCCCC=CC1CCCC1=O.O=C(c1ccccc1)c1ccc2ccccc2c1.O=C(c1ccccc1)c1cccc2ccccc12. The molecule has 4 heteroatoms. The van der Waals surface area contributed by atoms with Gasteiger partial charge in [-0.25, -0.2) is 0 Å². The summed E-state index contributed by atoms with van der Waals surface area (Å²) in [5, 5.41) is 4.36. The molecule has 354 valence electrons. The van der Waals surface area contributed by atoms with Gasteiger partial charge in [0.1, 0.15) is 11.6 Å². The number of carbonyl (C=O) groups is 4. The summed E-state index contributed by atoms with van der Waals surface area (Å²) in [6.07, 6.45) is 27.5. The van der Waals surface area contributed by atoms with Crippen LogP contribution in [-0.2, 0) is 9.59 Å². The number of fused-ring (bicyclic) bond motifs is 2. The molecule has 0 N–H and O–H groups in total. The largest absolute Gasteiger partial charge is 0.299 e. The van der Waals surface area contributed by atoms with Crippen molar-refractivity contribution in [3.63, 3.8) is 0 Å². The molecule has 0 bridgehead atoms. The number of benzene rings is 6. The first-order chi connectivity index (χ1) is 33.1. The Hall–Kier alpha value is -6.26.